The Bertz CT molecular complexity index is 396. The summed E-state index contributed by atoms with van der Waals surface area (Å²) in [5, 5.41) is 0. The zero-order valence-corrected chi connectivity index (χ0v) is 13.0. The largest absolute Gasteiger partial charge is 0.496 e. The first kappa shape index (κ1) is 15.8. The molecule has 1 aromatic rings. The van der Waals surface area contributed by atoms with Gasteiger partial charge < -0.3 is 15.4 Å². The summed E-state index contributed by atoms with van der Waals surface area (Å²) >= 11 is 0. The number of benzene rings is 1. The number of anilines is 1. The van der Waals surface area contributed by atoms with E-state index in [1.807, 2.05) is 0 Å². The van der Waals surface area contributed by atoms with E-state index in [-0.39, 0.29) is 5.41 Å². The molecule has 0 aliphatic heterocycles. The van der Waals surface area contributed by atoms with E-state index in [4.69, 9.17) is 10.5 Å². The Labute approximate surface area is 117 Å². The second-order valence-electron chi connectivity index (χ2n) is 6.05. The van der Waals surface area contributed by atoms with Crippen molar-refractivity contribution in [1.82, 2.24) is 0 Å². The van der Waals surface area contributed by atoms with Crippen LogP contribution in [0.1, 0.15) is 39.2 Å². The van der Waals surface area contributed by atoms with Gasteiger partial charge in [0.15, 0.2) is 0 Å². The van der Waals surface area contributed by atoms with Crippen LogP contribution in [0.3, 0.4) is 0 Å². The fraction of sp³-hybridized carbons (Fsp3) is 0.625. The summed E-state index contributed by atoms with van der Waals surface area (Å²) in [6, 6.07) is 6.42. The molecular weight excluding hydrogens is 236 g/mol. The number of rotatable bonds is 6. The number of hydrogen-bond acceptors (Lipinski definition) is 3. The van der Waals surface area contributed by atoms with E-state index in [9.17, 15) is 0 Å². The highest BCUT2D eigenvalue weighted by Crippen LogP contribution is 2.34. The van der Waals surface area contributed by atoms with E-state index in [1.165, 1.54) is 11.3 Å². The lowest BCUT2D eigenvalue weighted by atomic mass is 9.86. The summed E-state index contributed by atoms with van der Waals surface area (Å²) in [5.74, 6) is 0.964. The summed E-state index contributed by atoms with van der Waals surface area (Å²) < 4.78 is 5.47. The van der Waals surface area contributed by atoms with Crippen molar-refractivity contribution in [3.63, 3.8) is 0 Å². The summed E-state index contributed by atoms with van der Waals surface area (Å²) in [6.07, 6.45) is 2.20. The van der Waals surface area contributed by atoms with E-state index in [0.717, 1.165) is 31.7 Å². The Morgan fingerprint density at radius 1 is 1.21 bits per heavy atom. The molecule has 0 radical (unpaired) electrons. The molecule has 1 aromatic carbocycles. The Morgan fingerprint density at radius 3 is 2.42 bits per heavy atom. The Balaban J connectivity index is 2.91. The van der Waals surface area contributed by atoms with Gasteiger partial charge in [0.2, 0.25) is 0 Å². The zero-order valence-electron chi connectivity index (χ0n) is 13.0. The van der Waals surface area contributed by atoms with Crippen LogP contribution in [0.5, 0.6) is 5.75 Å². The number of methoxy groups -OCH3 is 1. The van der Waals surface area contributed by atoms with Crippen LogP contribution in [-0.4, -0.2) is 27.2 Å². The van der Waals surface area contributed by atoms with Crippen molar-refractivity contribution < 1.29 is 4.74 Å². The van der Waals surface area contributed by atoms with Gasteiger partial charge in [-0.05, 0) is 43.0 Å². The van der Waals surface area contributed by atoms with Crippen molar-refractivity contribution >= 4 is 5.69 Å². The minimum atomic E-state index is 0.0828. The summed E-state index contributed by atoms with van der Waals surface area (Å²) in [7, 11) is 3.86. The molecule has 108 valence electrons. The van der Waals surface area contributed by atoms with E-state index in [2.05, 4.69) is 50.9 Å². The van der Waals surface area contributed by atoms with Gasteiger partial charge >= 0.3 is 0 Å². The van der Waals surface area contributed by atoms with Gasteiger partial charge in [0.25, 0.3) is 0 Å². The minimum absolute atomic E-state index is 0.0828. The SMILES string of the molecule is COc1ccc(N(C)CCCCN)cc1C(C)(C)C. The van der Waals surface area contributed by atoms with E-state index in [1.54, 1.807) is 7.11 Å². The summed E-state index contributed by atoms with van der Waals surface area (Å²) in [4.78, 5) is 2.28. The number of nitrogens with two attached hydrogens (primary N) is 1. The fourth-order valence-corrected chi connectivity index (χ4v) is 2.14. The van der Waals surface area contributed by atoms with Gasteiger partial charge in [0, 0.05) is 24.8 Å². The molecule has 1 rings (SSSR count). The monoisotopic (exact) mass is 264 g/mol. The Hall–Kier alpha value is -1.22. The van der Waals surface area contributed by atoms with Crippen molar-refractivity contribution in [3.05, 3.63) is 23.8 Å². The topological polar surface area (TPSA) is 38.5 Å². The van der Waals surface area contributed by atoms with Gasteiger partial charge in [0.05, 0.1) is 7.11 Å². The highest BCUT2D eigenvalue weighted by atomic mass is 16.5. The Kier molecular flexibility index (Phi) is 5.67. The Morgan fingerprint density at radius 2 is 1.89 bits per heavy atom. The van der Waals surface area contributed by atoms with Crippen LogP contribution < -0.4 is 15.4 Å². The zero-order chi connectivity index (χ0) is 14.5. The third-order valence-corrected chi connectivity index (χ3v) is 3.38. The van der Waals surface area contributed by atoms with Crippen molar-refractivity contribution in [1.29, 1.82) is 0 Å². The maximum atomic E-state index is 5.54. The minimum Gasteiger partial charge on any atom is -0.496 e. The summed E-state index contributed by atoms with van der Waals surface area (Å²) in [6.45, 7) is 8.44. The molecule has 0 fully saturated rings. The predicted molar refractivity (Wildman–Crippen MR) is 83.3 cm³/mol. The molecule has 3 heteroatoms. The van der Waals surface area contributed by atoms with E-state index in [0.29, 0.717) is 0 Å². The van der Waals surface area contributed by atoms with Gasteiger partial charge in [-0.15, -0.1) is 0 Å². The second-order valence-corrected chi connectivity index (χ2v) is 6.05. The van der Waals surface area contributed by atoms with Gasteiger partial charge in [-0.25, -0.2) is 0 Å². The highest BCUT2D eigenvalue weighted by Gasteiger charge is 2.19. The molecule has 0 amide bonds. The number of ether oxygens (including phenoxy) is 1. The number of nitrogens with zero attached hydrogens (tertiary/aromatic N) is 1. The smallest absolute Gasteiger partial charge is 0.122 e. The molecular formula is C16H28N2O. The average molecular weight is 264 g/mol. The van der Waals surface area contributed by atoms with Gasteiger partial charge in [-0.1, -0.05) is 20.8 Å². The van der Waals surface area contributed by atoms with Crippen molar-refractivity contribution in [2.45, 2.75) is 39.0 Å². The van der Waals surface area contributed by atoms with Crippen LogP contribution >= 0.6 is 0 Å². The molecule has 0 aromatic heterocycles. The molecule has 0 heterocycles. The first-order valence-electron chi connectivity index (χ1n) is 7.00. The average Bonchev–Trinajstić information content (AvgIpc) is 2.37. The van der Waals surface area contributed by atoms with Crippen LogP contribution in [0.15, 0.2) is 18.2 Å². The number of unbranched alkanes of at least 4 members (excludes halogenated alkanes) is 1. The van der Waals surface area contributed by atoms with Crippen molar-refractivity contribution in [2.75, 3.05) is 32.1 Å². The first-order chi connectivity index (χ1) is 8.90. The van der Waals surface area contributed by atoms with Crippen molar-refractivity contribution in [3.8, 4) is 5.75 Å². The van der Waals surface area contributed by atoms with Crippen LogP contribution in [-0.2, 0) is 5.41 Å². The lowest BCUT2D eigenvalue weighted by Gasteiger charge is -2.26. The highest BCUT2D eigenvalue weighted by molar-refractivity contribution is 5.54. The molecule has 0 aliphatic carbocycles. The molecule has 0 saturated carbocycles. The van der Waals surface area contributed by atoms with Crippen molar-refractivity contribution in [2.24, 2.45) is 5.73 Å². The maximum absolute atomic E-state index is 5.54. The third-order valence-electron chi connectivity index (χ3n) is 3.38. The van der Waals surface area contributed by atoms with Crippen LogP contribution in [0.2, 0.25) is 0 Å². The lowest BCUT2D eigenvalue weighted by Crippen LogP contribution is -2.21. The van der Waals surface area contributed by atoms with E-state index >= 15 is 0 Å². The molecule has 0 atom stereocenters. The van der Waals surface area contributed by atoms with Crippen LogP contribution in [0.25, 0.3) is 0 Å². The van der Waals surface area contributed by atoms with Crippen LogP contribution in [0.4, 0.5) is 5.69 Å². The normalized spacial score (nSPS) is 11.5. The molecule has 19 heavy (non-hydrogen) atoms. The first-order valence-corrected chi connectivity index (χ1v) is 7.00. The molecule has 0 unspecified atom stereocenters. The van der Waals surface area contributed by atoms with E-state index < -0.39 is 0 Å². The molecule has 0 aliphatic rings. The molecule has 2 N–H and O–H groups in total. The quantitative estimate of drug-likeness (QED) is 0.802. The second kappa shape index (κ2) is 6.80. The van der Waals surface area contributed by atoms with Crippen LogP contribution in [0, 0.1) is 0 Å². The molecule has 0 spiro atoms. The summed E-state index contributed by atoms with van der Waals surface area (Å²) in [5.41, 5.74) is 8.11. The maximum Gasteiger partial charge on any atom is 0.122 e. The van der Waals surface area contributed by atoms with Gasteiger partial charge in [0.1, 0.15) is 5.75 Å². The molecule has 0 saturated heterocycles. The third kappa shape index (κ3) is 4.43. The molecule has 3 nitrogen and oxygen atoms in total. The standard InChI is InChI=1S/C16H28N2O/c1-16(2,3)14-12-13(8-9-15(14)19-5)18(4)11-7-6-10-17/h8-9,12H,6-7,10-11,17H2,1-5H3. The van der Waals surface area contributed by atoms with Gasteiger partial charge in [-0.2, -0.15) is 0 Å². The number of hydrogen-bond donors (Lipinski definition) is 1. The lowest BCUT2D eigenvalue weighted by molar-refractivity contribution is 0.397. The van der Waals surface area contributed by atoms with Gasteiger partial charge in [-0.3, -0.25) is 0 Å². The fourth-order valence-electron chi connectivity index (χ4n) is 2.14. The molecule has 0 bridgehead atoms. The predicted octanol–water partition coefficient (Wildman–Crippen LogP) is 3.17.